The van der Waals surface area contributed by atoms with Gasteiger partial charge >= 0.3 is 0 Å². The van der Waals surface area contributed by atoms with E-state index < -0.39 is 5.50 Å². The summed E-state index contributed by atoms with van der Waals surface area (Å²) in [5, 5.41) is 2.66. The summed E-state index contributed by atoms with van der Waals surface area (Å²) in [5.41, 5.74) is 1.42. The van der Waals surface area contributed by atoms with Gasteiger partial charge in [0.25, 0.3) is 0 Å². The van der Waals surface area contributed by atoms with Gasteiger partial charge in [0.15, 0.2) is 5.50 Å². The molecule has 0 N–H and O–H groups in total. The molecule has 1 aromatic carbocycles. The minimum atomic E-state index is -0.778. The Kier molecular flexibility index (Phi) is 3.65. The molecule has 68 valence electrons. The Morgan fingerprint density at radius 3 is 2.77 bits per heavy atom. The van der Waals surface area contributed by atoms with Gasteiger partial charge in [0.2, 0.25) is 0 Å². The summed E-state index contributed by atoms with van der Waals surface area (Å²) in [6.07, 6.45) is 3.37. The third-order valence-electron chi connectivity index (χ3n) is 1.72. The number of aryl methyl sites for hydroxylation is 1. The van der Waals surface area contributed by atoms with Gasteiger partial charge in [-0.2, -0.15) is 0 Å². The molecule has 0 aromatic heterocycles. The summed E-state index contributed by atoms with van der Waals surface area (Å²) in [7, 11) is 0. The normalized spacial score (nSPS) is 13.1. The fourth-order valence-electron chi connectivity index (χ4n) is 0.992. The highest BCUT2D eigenvalue weighted by atomic mass is 35.5. The van der Waals surface area contributed by atoms with E-state index in [0.717, 1.165) is 11.1 Å². The van der Waals surface area contributed by atoms with Crippen LogP contribution in [-0.2, 0) is 0 Å². The van der Waals surface area contributed by atoms with Gasteiger partial charge in [-0.25, -0.2) is 0 Å². The highest BCUT2D eigenvalue weighted by Gasteiger charge is 1.96. The number of hydrogen-bond donors (Lipinski definition) is 0. The molecule has 0 aliphatic carbocycles. The van der Waals surface area contributed by atoms with Crippen molar-refractivity contribution in [2.24, 2.45) is 5.18 Å². The second kappa shape index (κ2) is 4.77. The van der Waals surface area contributed by atoms with Crippen molar-refractivity contribution in [2.45, 2.75) is 12.4 Å². The van der Waals surface area contributed by atoms with Crippen LogP contribution >= 0.6 is 11.6 Å². The largest absolute Gasteiger partial charge is 0.183 e. The van der Waals surface area contributed by atoms with E-state index >= 15 is 0 Å². The first-order chi connectivity index (χ1) is 6.24. The van der Waals surface area contributed by atoms with Crippen LogP contribution < -0.4 is 0 Å². The molecule has 0 aliphatic heterocycles. The van der Waals surface area contributed by atoms with Gasteiger partial charge in [0, 0.05) is 0 Å². The molecule has 0 fully saturated rings. The summed E-state index contributed by atoms with van der Waals surface area (Å²) in [4.78, 5) is 9.98. The van der Waals surface area contributed by atoms with Crippen LogP contribution in [0.25, 0.3) is 6.08 Å². The van der Waals surface area contributed by atoms with Crippen molar-refractivity contribution in [2.75, 3.05) is 0 Å². The predicted octanol–water partition coefficient (Wildman–Crippen LogP) is 3.34. The molecule has 3 heteroatoms. The lowest BCUT2D eigenvalue weighted by Gasteiger charge is -1.98. The summed E-state index contributed by atoms with van der Waals surface area (Å²) >= 11 is 5.50. The van der Waals surface area contributed by atoms with Gasteiger partial charge in [0.05, 0.1) is 0 Å². The zero-order valence-electron chi connectivity index (χ0n) is 7.27. The molecule has 0 spiro atoms. The number of benzene rings is 1. The van der Waals surface area contributed by atoms with Crippen molar-refractivity contribution >= 4 is 17.7 Å². The third-order valence-corrected chi connectivity index (χ3v) is 1.95. The molecule has 0 saturated carbocycles. The number of hydrogen-bond acceptors (Lipinski definition) is 2. The fourth-order valence-corrected chi connectivity index (χ4v) is 1.06. The summed E-state index contributed by atoms with van der Waals surface area (Å²) in [5.74, 6) is 0. The second-order valence-electron chi connectivity index (χ2n) is 2.69. The quantitative estimate of drug-likeness (QED) is 0.413. The summed E-state index contributed by atoms with van der Waals surface area (Å²) in [6, 6.07) is 7.85. The lowest BCUT2D eigenvalue weighted by Crippen LogP contribution is -1.85. The molecular weight excluding hydrogens is 186 g/mol. The van der Waals surface area contributed by atoms with Gasteiger partial charge < -0.3 is 0 Å². The molecule has 0 heterocycles. The fraction of sp³-hybridized carbons (Fsp3) is 0.200. The molecule has 1 rings (SSSR count). The lowest BCUT2D eigenvalue weighted by atomic mass is 10.1. The number of nitroso groups, excluding NO2 is 1. The number of halogens is 1. The Labute approximate surface area is 82.2 Å². The maximum absolute atomic E-state index is 9.98. The van der Waals surface area contributed by atoms with Crippen molar-refractivity contribution in [3.8, 4) is 0 Å². The first-order valence-electron chi connectivity index (χ1n) is 3.94. The zero-order chi connectivity index (χ0) is 9.68. The van der Waals surface area contributed by atoms with Crippen molar-refractivity contribution in [1.82, 2.24) is 0 Å². The molecule has 1 atom stereocenters. The molecule has 13 heavy (non-hydrogen) atoms. The zero-order valence-corrected chi connectivity index (χ0v) is 8.03. The first-order valence-corrected chi connectivity index (χ1v) is 4.38. The van der Waals surface area contributed by atoms with Gasteiger partial charge in [-0.3, -0.25) is 0 Å². The molecule has 0 amide bonds. The van der Waals surface area contributed by atoms with Crippen LogP contribution in [0.2, 0.25) is 0 Å². The Morgan fingerprint density at radius 2 is 2.15 bits per heavy atom. The topological polar surface area (TPSA) is 29.4 Å². The van der Waals surface area contributed by atoms with E-state index in [0.29, 0.717) is 0 Å². The van der Waals surface area contributed by atoms with E-state index in [2.05, 4.69) is 5.18 Å². The Bertz CT molecular complexity index is 322. The first kappa shape index (κ1) is 9.93. The number of rotatable bonds is 3. The van der Waals surface area contributed by atoms with Crippen LogP contribution in [0.15, 0.2) is 35.5 Å². The highest BCUT2D eigenvalue weighted by molar-refractivity contribution is 6.21. The van der Waals surface area contributed by atoms with Gasteiger partial charge in [-0.05, 0) is 29.3 Å². The van der Waals surface area contributed by atoms with Gasteiger partial charge in [-0.1, -0.05) is 41.9 Å². The molecular formula is C10H10ClNO. The lowest BCUT2D eigenvalue weighted by molar-refractivity contribution is 1.13. The SMILES string of the molecule is Cc1ccccc1C=CC(Cl)N=O. The number of nitrogens with zero attached hydrogens (tertiary/aromatic N) is 1. The Balaban J connectivity index is 2.79. The van der Waals surface area contributed by atoms with E-state index in [-0.39, 0.29) is 0 Å². The van der Waals surface area contributed by atoms with E-state index in [9.17, 15) is 4.91 Å². The van der Waals surface area contributed by atoms with Gasteiger partial charge in [0.1, 0.15) is 0 Å². The Hall–Kier alpha value is -1.15. The predicted molar refractivity (Wildman–Crippen MR) is 55.6 cm³/mol. The van der Waals surface area contributed by atoms with Crippen molar-refractivity contribution in [3.05, 3.63) is 46.4 Å². The average molecular weight is 196 g/mol. The molecule has 0 aliphatic rings. The Morgan fingerprint density at radius 1 is 1.46 bits per heavy atom. The molecule has 1 unspecified atom stereocenters. The van der Waals surface area contributed by atoms with Crippen molar-refractivity contribution in [1.29, 1.82) is 0 Å². The van der Waals surface area contributed by atoms with E-state index in [1.807, 2.05) is 31.2 Å². The average Bonchev–Trinajstić information content (AvgIpc) is 2.16. The van der Waals surface area contributed by atoms with Gasteiger partial charge in [-0.15, -0.1) is 4.91 Å². The molecule has 0 radical (unpaired) electrons. The molecule has 0 saturated heterocycles. The molecule has 0 bridgehead atoms. The van der Waals surface area contributed by atoms with Crippen LogP contribution in [-0.4, -0.2) is 5.50 Å². The maximum atomic E-state index is 9.98. The minimum absolute atomic E-state index is 0.778. The number of alkyl halides is 1. The highest BCUT2D eigenvalue weighted by Crippen LogP contribution is 2.10. The van der Waals surface area contributed by atoms with Crippen LogP contribution in [0.1, 0.15) is 11.1 Å². The van der Waals surface area contributed by atoms with Crippen LogP contribution in [0.5, 0.6) is 0 Å². The smallest absolute Gasteiger partial charge is 0.149 e. The van der Waals surface area contributed by atoms with Crippen molar-refractivity contribution < 1.29 is 0 Å². The second-order valence-corrected chi connectivity index (χ2v) is 3.14. The minimum Gasteiger partial charge on any atom is -0.149 e. The van der Waals surface area contributed by atoms with Crippen LogP contribution in [0.3, 0.4) is 0 Å². The van der Waals surface area contributed by atoms with E-state index in [1.165, 1.54) is 0 Å². The van der Waals surface area contributed by atoms with Crippen molar-refractivity contribution in [3.63, 3.8) is 0 Å². The monoisotopic (exact) mass is 195 g/mol. The van der Waals surface area contributed by atoms with E-state index in [1.54, 1.807) is 12.2 Å². The maximum Gasteiger partial charge on any atom is 0.183 e. The summed E-state index contributed by atoms with van der Waals surface area (Å²) in [6.45, 7) is 2.00. The molecule has 1 aromatic rings. The summed E-state index contributed by atoms with van der Waals surface area (Å²) < 4.78 is 0. The van der Waals surface area contributed by atoms with Crippen LogP contribution in [0, 0.1) is 11.8 Å². The standard InChI is InChI=1S/C10H10ClNO/c1-8-4-2-3-5-9(8)6-7-10(11)12-13/h2-7,10H,1H3. The molecule has 2 nitrogen and oxygen atoms in total. The van der Waals surface area contributed by atoms with Crippen LogP contribution in [0.4, 0.5) is 0 Å². The van der Waals surface area contributed by atoms with E-state index in [4.69, 9.17) is 11.6 Å². The third kappa shape index (κ3) is 2.99.